The fraction of sp³-hybridized carbons (Fsp3) is 0.400. The third kappa shape index (κ3) is 5.02. The zero-order valence-corrected chi connectivity index (χ0v) is 18.6. The summed E-state index contributed by atoms with van der Waals surface area (Å²) in [5.74, 6) is 0.366. The summed E-state index contributed by atoms with van der Waals surface area (Å²) in [5.41, 5.74) is 4.67. The third-order valence-corrected chi connectivity index (χ3v) is 6.20. The van der Waals surface area contributed by atoms with Crippen molar-refractivity contribution in [1.29, 1.82) is 0 Å². The van der Waals surface area contributed by atoms with Crippen LogP contribution in [0.15, 0.2) is 54.7 Å². The minimum absolute atomic E-state index is 0.00987. The van der Waals surface area contributed by atoms with E-state index >= 15 is 0 Å². The van der Waals surface area contributed by atoms with E-state index in [4.69, 9.17) is 0 Å². The summed E-state index contributed by atoms with van der Waals surface area (Å²) in [5, 5.41) is 7.93. The van der Waals surface area contributed by atoms with Crippen LogP contribution in [0.25, 0.3) is 0 Å². The minimum atomic E-state index is -0.00987. The molecule has 2 unspecified atom stereocenters. The highest BCUT2D eigenvalue weighted by molar-refractivity contribution is 5.96. The molecule has 0 aliphatic carbocycles. The van der Waals surface area contributed by atoms with Crippen LogP contribution in [0.4, 0.5) is 0 Å². The van der Waals surface area contributed by atoms with Gasteiger partial charge < -0.3 is 5.32 Å². The quantitative estimate of drug-likeness (QED) is 0.666. The molecule has 0 saturated carbocycles. The molecule has 6 heteroatoms. The van der Waals surface area contributed by atoms with Crippen LogP contribution in [0.2, 0.25) is 0 Å². The van der Waals surface area contributed by atoms with Crippen LogP contribution in [0.3, 0.4) is 0 Å². The van der Waals surface area contributed by atoms with Crippen LogP contribution >= 0.6 is 0 Å². The van der Waals surface area contributed by atoms with Gasteiger partial charge in [-0.15, -0.1) is 0 Å². The number of amides is 1. The van der Waals surface area contributed by atoms with Gasteiger partial charge in [0.05, 0.1) is 23.5 Å². The zero-order chi connectivity index (χ0) is 21.8. The largest absolute Gasteiger partial charge is 0.349 e. The first kappa shape index (κ1) is 21.2. The maximum atomic E-state index is 13.2. The lowest BCUT2D eigenvalue weighted by Gasteiger charge is -2.37. The summed E-state index contributed by atoms with van der Waals surface area (Å²) in [6.45, 7) is 9.55. The molecule has 0 bridgehead atoms. The first-order valence-corrected chi connectivity index (χ1v) is 11.0. The predicted molar refractivity (Wildman–Crippen MR) is 122 cm³/mol. The van der Waals surface area contributed by atoms with E-state index in [1.807, 2.05) is 55.1 Å². The number of likely N-dealkylation sites (tertiary alicyclic amines) is 1. The standard InChI is InChI=1S/C25H31N5O/c1-18-15-29(17-22-11-7-8-13-26-22)14-12-23(18)27-25(31)24-19(2)28-30(20(24)3)16-21-9-5-4-6-10-21/h4-11,13,18,23H,12,14-17H2,1-3H3,(H,27,31). The van der Waals surface area contributed by atoms with Crippen molar-refractivity contribution in [3.63, 3.8) is 0 Å². The van der Waals surface area contributed by atoms with Gasteiger partial charge in [0.1, 0.15) is 0 Å². The van der Waals surface area contributed by atoms with Gasteiger partial charge in [-0.3, -0.25) is 19.4 Å². The van der Waals surface area contributed by atoms with Crippen LogP contribution in [-0.4, -0.2) is 44.7 Å². The van der Waals surface area contributed by atoms with Gasteiger partial charge in [-0.2, -0.15) is 5.10 Å². The Morgan fingerprint density at radius 3 is 2.58 bits per heavy atom. The monoisotopic (exact) mass is 417 g/mol. The fourth-order valence-electron chi connectivity index (χ4n) is 4.49. The molecule has 3 aromatic rings. The molecule has 1 amide bonds. The second kappa shape index (κ2) is 9.43. The van der Waals surface area contributed by atoms with Crippen molar-refractivity contribution in [3.8, 4) is 0 Å². The molecule has 0 spiro atoms. The average molecular weight is 418 g/mol. The van der Waals surface area contributed by atoms with Crippen molar-refractivity contribution in [2.75, 3.05) is 13.1 Å². The van der Waals surface area contributed by atoms with E-state index < -0.39 is 0 Å². The maximum absolute atomic E-state index is 13.2. The van der Waals surface area contributed by atoms with Crippen molar-refractivity contribution >= 4 is 5.91 Å². The number of carbonyl (C=O) groups excluding carboxylic acids is 1. The minimum Gasteiger partial charge on any atom is -0.349 e. The smallest absolute Gasteiger partial charge is 0.255 e. The zero-order valence-electron chi connectivity index (χ0n) is 18.6. The lowest BCUT2D eigenvalue weighted by atomic mass is 9.93. The number of aryl methyl sites for hydroxylation is 1. The lowest BCUT2D eigenvalue weighted by molar-refractivity contribution is 0.0858. The molecule has 2 atom stereocenters. The van der Waals surface area contributed by atoms with Crippen LogP contribution < -0.4 is 5.32 Å². The van der Waals surface area contributed by atoms with E-state index in [0.717, 1.165) is 43.1 Å². The molecule has 1 aliphatic heterocycles. The Hall–Kier alpha value is -2.99. The average Bonchev–Trinajstić information content (AvgIpc) is 3.04. The highest BCUT2D eigenvalue weighted by Gasteiger charge is 2.29. The van der Waals surface area contributed by atoms with Crippen LogP contribution in [-0.2, 0) is 13.1 Å². The second-order valence-corrected chi connectivity index (χ2v) is 8.59. The molecule has 4 rings (SSSR count). The Balaban J connectivity index is 1.38. The number of aromatic nitrogens is 3. The number of piperidine rings is 1. The van der Waals surface area contributed by atoms with E-state index in [0.29, 0.717) is 18.0 Å². The Kier molecular flexibility index (Phi) is 6.47. The molecule has 162 valence electrons. The highest BCUT2D eigenvalue weighted by atomic mass is 16.1. The number of benzene rings is 1. The van der Waals surface area contributed by atoms with Gasteiger partial charge in [0.15, 0.2) is 0 Å². The van der Waals surface area contributed by atoms with E-state index in [1.165, 1.54) is 5.56 Å². The van der Waals surface area contributed by atoms with E-state index in [2.05, 4.69) is 45.4 Å². The number of hydrogen-bond donors (Lipinski definition) is 1. The molecule has 1 fully saturated rings. The summed E-state index contributed by atoms with van der Waals surface area (Å²) in [4.78, 5) is 20.0. The number of nitrogens with zero attached hydrogens (tertiary/aromatic N) is 4. The Morgan fingerprint density at radius 1 is 1.10 bits per heavy atom. The molecule has 2 aromatic heterocycles. The number of nitrogens with one attached hydrogen (secondary N) is 1. The van der Waals surface area contributed by atoms with E-state index in [-0.39, 0.29) is 11.9 Å². The number of rotatable bonds is 6. The van der Waals surface area contributed by atoms with Gasteiger partial charge in [0.25, 0.3) is 5.91 Å². The van der Waals surface area contributed by atoms with Crippen molar-refractivity contribution in [2.45, 2.75) is 46.3 Å². The number of carbonyl (C=O) groups is 1. The predicted octanol–water partition coefficient (Wildman–Crippen LogP) is 3.58. The summed E-state index contributed by atoms with van der Waals surface area (Å²) < 4.78 is 1.93. The Bertz CT molecular complexity index is 1020. The summed E-state index contributed by atoms with van der Waals surface area (Å²) in [6.07, 6.45) is 2.78. The lowest BCUT2D eigenvalue weighted by Crippen LogP contribution is -2.49. The molecule has 1 N–H and O–H groups in total. The van der Waals surface area contributed by atoms with Crippen LogP contribution in [0, 0.1) is 19.8 Å². The van der Waals surface area contributed by atoms with E-state index in [9.17, 15) is 4.79 Å². The highest BCUT2D eigenvalue weighted by Crippen LogP contribution is 2.21. The van der Waals surface area contributed by atoms with Crippen LogP contribution in [0.1, 0.15) is 46.3 Å². The first-order valence-electron chi connectivity index (χ1n) is 11.0. The Morgan fingerprint density at radius 2 is 1.87 bits per heavy atom. The van der Waals surface area contributed by atoms with Gasteiger partial charge in [0, 0.05) is 37.6 Å². The molecule has 3 heterocycles. The molecule has 6 nitrogen and oxygen atoms in total. The van der Waals surface area contributed by atoms with Gasteiger partial charge in [-0.1, -0.05) is 43.3 Å². The van der Waals surface area contributed by atoms with Crippen molar-refractivity contribution < 1.29 is 4.79 Å². The molecule has 1 saturated heterocycles. The second-order valence-electron chi connectivity index (χ2n) is 8.59. The van der Waals surface area contributed by atoms with Crippen molar-refractivity contribution in [3.05, 3.63) is 82.9 Å². The van der Waals surface area contributed by atoms with Crippen LogP contribution in [0.5, 0.6) is 0 Å². The maximum Gasteiger partial charge on any atom is 0.255 e. The summed E-state index contributed by atoms with van der Waals surface area (Å²) >= 11 is 0. The van der Waals surface area contributed by atoms with Gasteiger partial charge in [-0.25, -0.2) is 0 Å². The topological polar surface area (TPSA) is 63.1 Å². The molecule has 0 radical (unpaired) electrons. The third-order valence-electron chi connectivity index (χ3n) is 6.20. The fourth-order valence-corrected chi connectivity index (χ4v) is 4.49. The van der Waals surface area contributed by atoms with E-state index in [1.54, 1.807) is 0 Å². The van der Waals surface area contributed by atoms with Gasteiger partial charge in [-0.05, 0) is 43.9 Å². The van der Waals surface area contributed by atoms with Crippen molar-refractivity contribution in [1.82, 2.24) is 25.0 Å². The normalized spacial score (nSPS) is 19.3. The SMILES string of the molecule is Cc1nn(Cc2ccccc2)c(C)c1C(=O)NC1CCN(Cc2ccccn2)CC1C. The number of hydrogen-bond acceptors (Lipinski definition) is 4. The molecular formula is C25H31N5O. The molecule has 1 aromatic carbocycles. The number of pyridine rings is 1. The Labute approximate surface area is 184 Å². The van der Waals surface area contributed by atoms with Gasteiger partial charge in [0.2, 0.25) is 0 Å². The first-order chi connectivity index (χ1) is 15.0. The summed E-state index contributed by atoms with van der Waals surface area (Å²) in [6, 6.07) is 16.4. The molecular weight excluding hydrogens is 386 g/mol. The van der Waals surface area contributed by atoms with Gasteiger partial charge >= 0.3 is 0 Å². The molecule has 31 heavy (non-hydrogen) atoms. The summed E-state index contributed by atoms with van der Waals surface area (Å²) in [7, 11) is 0. The van der Waals surface area contributed by atoms with Crippen molar-refractivity contribution in [2.24, 2.45) is 5.92 Å². The molecule has 1 aliphatic rings.